The Bertz CT molecular complexity index is 238. The molecule has 0 saturated carbocycles. The molecule has 4 nitrogen and oxygen atoms in total. The van der Waals surface area contributed by atoms with E-state index in [2.05, 4.69) is 22.0 Å². The number of nitrogens with zero attached hydrogens (tertiary/aromatic N) is 2. The molecule has 3 N–H and O–H groups in total. The van der Waals surface area contributed by atoms with Crippen molar-refractivity contribution in [2.45, 2.75) is 13.5 Å². The van der Waals surface area contributed by atoms with E-state index in [9.17, 15) is 0 Å². The Morgan fingerprint density at radius 1 is 1.70 bits per heavy atom. The standard InChI is InChI=1S/C6H10N4/c1-4(2)6-5(3-7)8-10-9-6/h1,3,7H2,2H3,(H,8,9,10). The Balaban J connectivity index is 3.01. The fraction of sp³-hybridized carbons (Fsp3) is 0.333. The van der Waals surface area contributed by atoms with Crippen LogP contribution >= 0.6 is 0 Å². The Morgan fingerprint density at radius 2 is 2.40 bits per heavy atom. The maximum absolute atomic E-state index is 5.37. The average Bonchev–Trinajstić information content (AvgIpc) is 2.33. The lowest BCUT2D eigenvalue weighted by molar-refractivity contribution is 0.898. The average molecular weight is 138 g/mol. The third kappa shape index (κ3) is 1.06. The van der Waals surface area contributed by atoms with Crippen LogP contribution in [0.5, 0.6) is 0 Å². The van der Waals surface area contributed by atoms with Crippen molar-refractivity contribution in [3.8, 4) is 0 Å². The lowest BCUT2D eigenvalue weighted by Gasteiger charge is -1.92. The monoisotopic (exact) mass is 138 g/mol. The SMILES string of the molecule is C=C(C)c1n[nH]nc1CN. The molecule has 0 spiro atoms. The first-order chi connectivity index (χ1) is 4.75. The van der Waals surface area contributed by atoms with Crippen molar-refractivity contribution in [1.82, 2.24) is 15.4 Å². The van der Waals surface area contributed by atoms with Crippen LogP contribution in [0, 0.1) is 0 Å². The van der Waals surface area contributed by atoms with Crippen LogP contribution < -0.4 is 5.73 Å². The summed E-state index contributed by atoms with van der Waals surface area (Å²) in [6, 6.07) is 0. The second-order valence-corrected chi connectivity index (χ2v) is 2.10. The van der Waals surface area contributed by atoms with Crippen LogP contribution in [0.3, 0.4) is 0 Å². The van der Waals surface area contributed by atoms with Crippen LogP contribution in [0.1, 0.15) is 18.3 Å². The molecule has 54 valence electrons. The first-order valence-corrected chi connectivity index (χ1v) is 3.01. The van der Waals surface area contributed by atoms with Gasteiger partial charge in [-0.1, -0.05) is 6.58 Å². The summed E-state index contributed by atoms with van der Waals surface area (Å²) in [5, 5.41) is 10.2. The van der Waals surface area contributed by atoms with Gasteiger partial charge in [-0.3, -0.25) is 0 Å². The molecule has 0 saturated heterocycles. The number of nitrogens with one attached hydrogen (secondary N) is 1. The molecule has 0 amide bonds. The minimum Gasteiger partial charge on any atom is -0.325 e. The topological polar surface area (TPSA) is 67.6 Å². The van der Waals surface area contributed by atoms with Gasteiger partial charge in [0.1, 0.15) is 11.4 Å². The van der Waals surface area contributed by atoms with Gasteiger partial charge in [0.25, 0.3) is 0 Å². The Kier molecular flexibility index (Phi) is 1.82. The summed E-state index contributed by atoms with van der Waals surface area (Å²) in [6.45, 7) is 6.00. The van der Waals surface area contributed by atoms with Gasteiger partial charge < -0.3 is 5.73 Å². The van der Waals surface area contributed by atoms with Crippen LogP contribution in [-0.2, 0) is 6.54 Å². The molecule has 0 unspecified atom stereocenters. The molecule has 1 aromatic rings. The quantitative estimate of drug-likeness (QED) is 0.617. The third-order valence-corrected chi connectivity index (χ3v) is 1.22. The number of H-pyrrole nitrogens is 1. The molecule has 0 aliphatic rings. The number of allylic oxidation sites excluding steroid dienone is 1. The highest BCUT2D eigenvalue weighted by Crippen LogP contribution is 2.09. The molecule has 0 aromatic carbocycles. The maximum atomic E-state index is 5.37. The van der Waals surface area contributed by atoms with Crippen LogP contribution in [0.2, 0.25) is 0 Å². The molecule has 0 atom stereocenters. The van der Waals surface area contributed by atoms with Crippen molar-refractivity contribution in [3.63, 3.8) is 0 Å². The largest absolute Gasteiger partial charge is 0.325 e. The summed E-state index contributed by atoms with van der Waals surface area (Å²) < 4.78 is 0. The van der Waals surface area contributed by atoms with Gasteiger partial charge in [-0.15, -0.1) is 0 Å². The number of rotatable bonds is 2. The number of aromatic nitrogens is 3. The number of hydrogen-bond acceptors (Lipinski definition) is 3. The lowest BCUT2D eigenvalue weighted by atomic mass is 10.2. The van der Waals surface area contributed by atoms with Gasteiger partial charge in [0.2, 0.25) is 0 Å². The summed E-state index contributed by atoms with van der Waals surface area (Å²) in [5.41, 5.74) is 7.80. The van der Waals surface area contributed by atoms with Crippen LogP contribution in [-0.4, -0.2) is 15.4 Å². The Morgan fingerprint density at radius 3 is 2.80 bits per heavy atom. The van der Waals surface area contributed by atoms with Crippen molar-refractivity contribution >= 4 is 5.57 Å². The highest BCUT2D eigenvalue weighted by molar-refractivity contribution is 5.59. The Hall–Kier alpha value is -1.16. The molecule has 10 heavy (non-hydrogen) atoms. The van der Waals surface area contributed by atoms with E-state index < -0.39 is 0 Å². The van der Waals surface area contributed by atoms with Crippen molar-refractivity contribution in [2.75, 3.05) is 0 Å². The molecule has 0 radical (unpaired) electrons. The van der Waals surface area contributed by atoms with E-state index in [-0.39, 0.29) is 0 Å². The second-order valence-electron chi connectivity index (χ2n) is 2.10. The van der Waals surface area contributed by atoms with Crippen molar-refractivity contribution < 1.29 is 0 Å². The van der Waals surface area contributed by atoms with Crippen molar-refractivity contribution in [3.05, 3.63) is 18.0 Å². The number of aromatic amines is 1. The zero-order chi connectivity index (χ0) is 7.56. The fourth-order valence-electron chi connectivity index (χ4n) is 0.737. The first-order valence-electron chi connectivity index (χ1n) is 3.01. The number of nitrogens with two attached hydrogens (primary N) is 1. The van der Waals surface area contributed by atoms with E-state index in [0.29, 0.717) is 6.54 Å². The van der Waals surface area contributed by atoms with Crippen molar-refractivity contribution in [1.29, 1.82) is 0 Å². The maximum Gasteiger partial charge on any atom is 0.112 e. The van der Waals surface area contributed by atoms with E-state index in [1.165, 1.54) is 0 Å². The molecule has 0 aliphatic carbocycles. The zero-order valence-corrected chi connectivity index (χ0v) is 5.89. The summed E-state index contributed by atoms with van der Waals surface area (Å²) in [5.74, 6) is 0. The fourth-order valence-corrected chi connectivity index (χ4v) is 0.737. The minimum absolute atomic E-state index is 0.401. The van der Waals surface area contributed by atoms with Gasteiger partial charge in [-0.2, -0.15) is 15.4 Å². The van der Waals surface area contributed by atoms with E-state index in [4.69, 9.17) is 5.73 Å². The summed E-state index contributed by atoms with van der Waals surface area (Å²) in [6.07, 6.45) is 0. The normalized spacial score (nSPS) is 9.80. The predicted molar refractivity (Wildman–Crippen MR) is 39.0 cm³/mol. The van der Waals surface area contributed by atoms with Gasteiger partial charge in [-0.25, -0.2) is 0 Å². The molecule has 0 bridgehead atoms. The molecule has 1 heterocycles. The second kappa shape index (κ2) is 2.62. The van der Waals surface area contributed by atoms with Gasteiger partial charge >= 0.3 is 0 Å². The molecular formula is C6H10N4. The van der Waals surface area contributed by atoms with Crippen LogP contribution in [0.4, 0.5) is 0 Å². The zero-order valence-electron chi connectivity index (χ0n) is 5.89. The molecule has 0 fully saturated rings. The highest BCUT2D eigenvalue weighted by atomic mass is 15.3. The minimum atomic E-state index is 0.401. The first kappa shape index (κ1) is 6.95. The molecule has 1 aromatic heterocycles. The van der Waals surface area contributed by atoms with Gasteiger partial charge in [-0.05, 0) is 12.5 Å². The predicted octanol–water partition coefficient (Wildman–Crippen LogP) is 0.297. The van der Waals surface area contributed by atoms with Gasteiger partial charge in [0.15, 0.2) is 0 Å². The van der Waals surface area contributed by atoms with E-state index in [1.807, 2.05) is 6.92 Å². The number of hydrogen-bond donors (Lipinski definition) is 2. The molecule has 4 heteroatoms. The van der Waals surface area contributed by atoms with Crippen molar-refractivity contribution in [2.24, 2.45) is 5.73 Å². The summed E-state index contributed by atoms with van der Waals surface area (Å²) >= 11 is 0. The Labute approximate surface area is 59.1 Å². The lowest BCUT2D eigenvalue weighted by Crippen LogP contribution is -1.99. The summed E-state index contributed by atoms with van der Waals surface area (Å²) in [4.78, 5) is 0. The highest BCUT2D eigenvalue weighted by Gasteiger charge is 2.04. The smallest absolute Gasteiger partial charge is 0.112 e. The van der Waals surface area contributed by atoms with E-state index >= 15 is 0 Å². The van der Waals surface area contributed by atoms with Gasteiger partial charge in [0, 0.05) is 6.54 Å². The molecule has 0 aliphatic heterocycles. The van der Waals surface area contributed by atoms with Gasteiger partial charge in [0.05, 0.1) is 0 Å². The summed E-state index contributed by atoms with van der Waals surface area (Å²) in [7, 11) is 0. The molecular weight excluding hydrogens is 128 g/mol. The van der Waals surface area contributed by atoms with E-state index in [1.54, 1.807) is 0 Å². The van der Waals surface area contributed by atoms with Crippen LogP contribution in [0.15, 0.2) is 6.58 Å². The third-order valence-electron chi connectivity index (χ3n) is 1.22. The van der Waals surface area contributed by atoms with Crippen LogP contribution in [0.25, 0.3) is 5.57 Å². The van der Waals surface area contributed by atoms with E-state index in [0.717, 1.165) is 17.0 Å². The molecule has 1 rings (SSSR count).